The van der Waals surface area contributed by atoms with Crippen LogP contribution in [0.3, 0.4) is 0 Å². The zero-order chi connectivity index (χ0) is 20.3. The number of anilines is 2. The van der Waals surface area contributed by atoms with Gasteiger partial charge in [0.1, 0.15) is 5.82 Å². The molecule has 1 saturated heterocycles. The van der Waals surface area contributed by atoms with Crippen molar-refractivity contribution in [2.24, 2.45) is 11.1 Å². The number of halogens is 1. The first-order valence-corrected chi connectivity index (χ1v) is 10.2. The monoisotopic (exact) mass is 402 g/mol. The molecule has 1 fully saturated rings. The molecular weight excluding hydrogens is 383 g/mol. The SMILES string of the molecule is N#Cc1ccc(N2CCC(C(=O)Nc3ccc(S(N)(=O)=O)cc3)CC2)c(F)c1. The maximum atomic E-state index is 14.2. The van der Waals surface area contributed by atoms with Gasteiger partial charge in [0.15, 0.2) is 0 Å². The molecule has 2 aromatic rings. The van der Waals surface area contributed by atoms with Crippen LogP contribution in [0.25, 0.3) is 0 Å². The number of rotatable bonds is 4. The number of benzene rings is 2. The number of carbonyl (C=O) groups is 1. The Bertz CT molecular complexity index is 1020. The summed E-state index contributed by atoms with van der Waals surface area (Å²) in [6, 6.07) is 11.9. The summed E-state index contributed by atoms with van der Waals surface area (Å²) >= 11 is 0. The van der Waals surface area contributed by atoms with Crippen molar-refractivity contribution in [3.63, 3.8) is 0 Å². The standard InChI is InChI=1S/C19H19FN4O3S/c20-17-11-13(12-21)1-6-18(17)24-9-7-14(8-10-24)19(25)23-15-2-4-16(5-3-15)28(22,26)27/h1-6,11,14H,7-10H2,(H,23,25)(H2,22,26,27). The fraction of sp³-hybridized carbons (Fsp3) is 0.263. The Morgan fingerprint density at radius 3 is 2.36 bits per heavy atom. The average Bonchev–Trinajstić information content (AvgIpc) is 2.67. The Balaban J connectivity index is 1.59. The second-order valence-corrected chi connectivity index (χ2v) is 8.16. The van der Waals surface area contributed by atoms with Gasteiger partial charge < -0.3 is 10.2 Å². The molecule has 0 spiro atoms. The maximum absolute atomic E-state index is 14.2. The molecule has 2 aromatic carbocycles. The van der Waals surface area contributed by atoms with Gasteiger partial charge in [0.05, 0.1) is 22.2 Å². The highest BCUT2D eigenvalue weighted by Crippen LogP contribution is 2.27. The first-order chi connectivity index (χ1) is 13.3. The lowest BCUT2D eigenvalue weighted by Gasteiger charge is -2.33. The van der Waals surface area contributed by atoms with E-state index in [-0.39, 0.29) is 22.3 Å². The van der Waals surface area contributed by atoms with E-state index in [1.54, 1.807) is 12.1 Å². The molecule has 0 unspecified atom stereocenters. The molecule has 0 aromatic heterocycles. The van der Waals surface area contributed by atoms with Crippen molar-refractivity contribution in [3.05, 3.63) is 53.8 Å². The number of nitrogens with two attached hydrogens (primary N) is 1. The van der Waals surface area contributed by atoms with Crippen molar-refractivity contribution < 1.29 is 17.6 Å². The van der Waals surface area contributed by atoms with E-state index in [1.165, 1.54) is 30.3 Å². The molecule has 146 valence electrons. The van der Waals surface area contributed by atoms with Crippen LogP contribution in [-0.4, -0.2) is 27.4 Å². The Morgan fingerprint density at radius 2 is 1.82 bits per heavy atom. The molecule has 0 radical (unpaired) electrons. The molecule has 1 aliphatic rings. The van der Waals surface area contributed by atoms with Crippen molar-refractivity contribution in [3.8, 4) is 6.07 Å². The van der Waals surface area contributed by atoms with E-state index < -0.39 is 15.8 Å². The number of nitrogens with zero attached hydrogens (tertiary/aromatic N) is 2. The van der Waals surface area contributed by atoms with Crippen LogP contribution in [0.1, 0.15) is 18.4 Å². The van der Waals surface area contributed by atoms with Gasteiger partial charge in [0, 0.05) is 24.7 Å². The van der Waals surface area contributed by atoms with Crippen LogP contribution in [0, 0.1) is 23.1 Å². The predicted octanol–water partition coefficient (Wildman–Crippen LogP) is 2.20. The van der Waals surface area contributed by atoms with Gasteiger partial charge in [-0.15, -0.1) is 0 Å². The van der Waals surface area contributed by atoms with Gasteiger partial charge in [-0.1, -0.05) is 0 Å². The molecule has 1 heterocycles. The first kappa shape index (κ1) is 19.8. The molecule has 0 bridgehead atoms. The number of carbonyl (C=O) groups excluding carboxylic acids is 1. The molecule has 1 aliphatic heterocycles. The number of primary sulfonamides is 1. The highest BCUT2D eigenvalue weighted by molar-refractivity contribution is 7.89. The highest BCUT2D eigenvalue weighted by atomic mass is 32.2. The molecule has 1 amide bonds. The van der Waals surface area contributed by atoms with Crippen molar-refractivity contribution in [2.45, 2.75) is 17.7 Å². The fourth-order valence-electron chi connectivity index (χ4n) is 3.19. The molecule has 3 N–H and O–H groups in total. The summed E-state index contributed by atoms with van der Waals surface area (Å²) in [4.78, 5) is 14.3. The molecule has 28 heavy (non-hydrogen) atoms. The number of amides is 1. The summed E-state index contributed by atoms with van der Waals surface area (Å²) in [7, 11) is -3.78. The Morgan fingerprint density at radius 1 is 1.18 bits per heavy atom. The summed E-state index contributed by atoms with van der Waals surface area (Å²) in [6.45, 7) is 1.04. The lowest BCUT2D eigenvalue weighted by molar-refractivity contribution is -0.120. The third-order valence-electron chi connectivity index (χ3n) is 4.73. The normalized spacial score (nSPS) is 15.1. The zero-order valence-electron chi connectivity index (χ0n) is 14.9. The minimum Gasteiger partial charge on any atom is -0.369 e. The van der Waals surface area contributed by atoms with Gasteiger partial charge in [0.25, 0.3) is 0 Å². The van der Waals surface area contributed by atoms with Crippen LogP contribution in [-0.2, 0) is 14.8 Å². The highest BCUT2D eigenvalue weighted by Gasteiger charge is 2.26. The first-order valence-electron chi connectivity index (χ1n) is 8.66. The minimum atomic E-state index is -3.78. The molecule has 0 atom stereocenters. The summed E-state index contributed by atoms with van der Waals surface area (Å²) in [5, 5.41) is 16.6. The second kappa shape index (κ2) is 7.96. The Kier molecular flexibility index (Phi) is 5.63. The van der Waals surface area contributed by atoms with E-state index in [2.05, 4.69) is 5.32 Å². The van der Waals surface area contributed by atoms with E-state index >= 15 is 0 Å². The van der Waals surface area contributed by atoms with Crippen molar-refractivity contribution >= 4 is 27.3 Å². The molecule has 0 saturated carbocycles. The summed E-state index contributed by atoms with van der Waals surface area (Å²) in [5.41, 5.74) is 1.18. The smallest absolute Gasteiger partial charge is 0.238 e. The topological polar surface area (TPSA) is 116 Å². The third-order valence-corrected chi connectivity index (χ3v) is 5.66. The van der Waals surface area contributed by atoms with Crippen LogP contribution in [0.2, 0.25) is 0 Å². The average molecular weight is 402 g/mol. The van der Waals surface area contributed by atoms with E-state index in [4.69, 9.17) is 10.4 Å². The van der Waals surface area contributed by atoms with Gasteiger partial charge in [-0.05, 0) is 55.3 Å². The van der Waals surface area contributed by atoms with Crippen LogP contribution >= 0.6 is 0 Å². The fourth-order valence-corrected chi connectivity index (χ4v) is 3.70. The van der Waals surface area contributed by atoms with Gasteiger partial charge >= 0.3 is 0 Å². The van der Waals surface area contributed by atoms with Crippen molar-refractivity contribution in [1.29, 1.82) is 5.26 Å². The van der Waals surface area contributed by atoms with Gasteiger partial charge in [-0.2, -0.15) is 5.26 Å². The van der Waals surface area contributed by atoms with E-state index in [0.29, 0.717) is 37.3 Å². The van der Waals surface area contributed by atoms with E-state index in [9.17, 15) is 17.6 Å². The lowest BCUT2D eigenvalue weighted by atomic mass is 9.95. The number of nitrogens with one attached hydrogen (secondary N) is 1. The van der Waals surface area contributed by atoms with Gasteiger partial charge in [-0.3, -0.25) is 4.79 Å². The second-order valence-electron chi connectivity index (χ2n) is 6.60. The van der Waals surface area contributed by atoms with E-state index in [0.717, 1.165) is 0 Å². The van der Waals surface area contributed by atoms with Crippen LogP contribution in [0.15, 0.2) is 47.4 Å². The van der Waals surface area contributed by atoms with E-state index in [1.807, 2.05) is 11.0 Å². The van der Waals surface area contributed by atoms with Crippen LogP contribution < -0.4 is 15.4 Å². The summed E-state index contributed by atoms with van der Waals surface area (Å²) in [5.74, 6) is -0.837. The number of hydrogen-bond donors (Lipinski definition) is 2. The van der Waals surface area contributed by atoms with Crippen molar-refractivity contribution in [1.82, 2.24) is 0 Å². The number of hydrogen-bond acceptors (Lipinski definition) is 5. The van der Waals surface area contributed by atoms with Gasteiger partial charge in [0.2, 0.25) is 15.9 Å². The molecule has 0 aliphatic carbocycles. The summed E-state index contributed by atoms with van der Waals surface area (Å²) < 4.78 is 36.7. The largest absolute Gasteiger partial charge is 0.369 e. The lowest BCUT2D eigenvalue weighted by Crippen LogP contribution is -2.38. The molecule has 9 heteroatoms. The number of piperidine rings is 1. The van der Waals surface area contributed by atoms with Crippen molar-refractivity contribution in [2.75, 3.05) is 23.3 Å². The number of sulfonamides is 1. The summed E-state index contributed by atoms with van der Waals surface area (Å²) in [6.07, 6.45) is 1.11. The Hall–Kier alpha value is -2.96. The maximum Gasteiger partial charge on any atom is 0.238 e. The Labute approximate surface area is 162 Å². The van der Waals surface area contributed by atoms with Crippen LogP contribution in [0.5, 0.6) is 0 Å². The number of nitriles is 1. The molecular formula is C19H19FN4O3S. The molecule has 3 rings (SSSR count). The van der Waals surface area contributed by atoms with Gasteiger partial charge in [-0.25, -0.2) is 17.9 Å². The minimum absolute atomic E-state index is 0.0248. The molecule has 7 nitrogen and oxygen atoms in total. The predicted molar refractivity (Wildman–Crippen MR) is 102 cm³/mol. The zero-order valence-corrected chi connectivity index (χ0v) is 15.7. The quantitative estimate of drug-likeness (QED) is 0.813. The van der Waals surface area contributed by atoms with Crippen LogP contribution in [0.4, 0.5) is 15.8 Å². The third kappa shape index (κ3) is 4.47.